The summed E-state index contributed by atoms with van der Waals surface area (Å²) >= 11 is 5.93. The molecule has 0 bridgehead atoms. The minimum Gasteiger partial charge on any atom is -0.495 e. The van der Waals surface area contributed by atoms with Crippen molar-refractivity contribution in [3.05, 3.63) is 58.6 Å². The zero-order valence-corrected chi connectivity index (χ0v) is 14.3. The van der Waals surface area contributed by atoms with E-state index in [0.29, 0.717) is 10.8 Å². The fraction of sp³-hybridized carbons (Fsp3) is 0.188. The number of amides is 1. The third-order valence-corrected chi connectivity index (χ3v) is 4.90. The largest absolute Gasteiger partial charge is 0.495 e. The Labute approximate surface area is 144 Å². The van der Waals surface area contributed by atoms with Gasteiger partial charge in [-0.2, -0.15) is 0 Å². The summed E-state index contributed by atoms with van der Waals surface area (Å²) in [5, 5.41) is 3.04. The lowest BCUT2D eigenvalue weighted by molar-refractivity contribution is 0.0947. The number of nitrogens with one attached hydrogen (secondary N) is 1. The van der Waals surface area contributed by atoms with E-state index in [4.69, 9.17) is 16.3 Å². The number of carbonyl (C=O) groups excluding carboxylic acids is 1. The number of benzene rings is 2. The van der Waals surface area contributed by atoms with Crippen molar-refractivity contribution in [2.75, 3.05) is 13.1 Å². The minimum absolute atomic E-state index is 0.101. The molecular formula is C16H15ClFNO4S. The summed E-state index contributed by atoms with van der Waals surface area (Å²) < 4.78 is 41.3. The number of sulfone groups is 1. The zero-order chi connectivity index (χ0) is 17.7. The standard InChI is InChI=1S/C16H15ClFNO4S/c1-23-14-8-11(6-7-13(14)17)9-19-16(20)12-4-2-3-5-15(12)24(21,22)10-18/h2-8H,9-10H2,1H3,(H,19,20). The molecule has 2 aromatic carbocycles. The molecule has 0 atom stereocenters. The predicted molar refractivity (Wildman–Crippen MR) is 88.8 cm³/mol. The van der Waals surface area contributed by atoms with Gasteiger partial charge in [0, 0.05) is 6.54 Å². The van der Waals surface area contributed by atoms with E-state index in [9.17, 15) is 17.6 Å². The molecule has 1 N–H and O–H groups in total. The van der Waals surface area contributed by atoms with Crippen molar-refractivity contribution in [3.8, 4) is 5.75 Å². The molecule has 2 aromatic rings. The summed E-state index contributed by atoms with van der Waals surface area (Å²) in [5.74, 6) is -0.152. The van der Waals surface area contributed by atoms with E-state index in [1.165, 1.54) is 31.4 Å². The Bertz CT molecular complexity index is 855. The molecule has 0 aliphatic heterocycles. The van der Waals surface area contributed by atoms with Gasteiger partial charge in [-0.3, -0.25) is 4.79 Å². The van der Waals surface area contributed by atoms with Crippen LogP contribution < -0.4 is 10.1 Å². The molecule has 0 radical (unpaired) electrons. The van der Waals surface area contributed by atoms with Crippen LogP contribution in [-0.2, 0) is 16.4 Å². The molecule has 0 unspecified atom stereocenters. The van der Waals surface area contributed by atoms with E-state index in [-0.39, 0.29) is 17.0 Å². The first-order valence-corrected chi connectivity index (χ1v) is 8.90. The number of rotatable bonds is 6. The molecule has 1 amide bonds. The summed E-state index contributed by atoms with van der Waals surface area (Å²) in [6.45, 7) is 0.135. The van der Waals surface area contributed by atoms with Crippen molar-refractivity contribution in [1.29, 1.82) is 0 Å². The third kappa shape index (κ3) is 4.04. The molecular weight excluding hydrogens is 357 g/mol. The molecule has 24 heavy (non-hydrogen) atoms. The van der Waals surface area contributed by atoms with Crippen molar-refractivity contribution in [1.82, 2.24) is 5.32 Å². The number of carbonyl (C=O) groups is 1. The highest BCUT2D eigenvalue weighted by Crippen LogP contribution is 2.25. The fourth-order valence-corrected chi connectivity index (χ4v) is 3.17. The first kappa shape index (κ1) is 18.2. The average Bonchev–Trinajstić information content (AvgIpc) is 2.60. The molecule has 0 aliphatic rings. The topological polar surface area (TPSA) is 72.5 Å². The number of methoxy groups -OCH3 is 1. The van der Waals surface area contributed by atoms with Gasteiger partial charge in [0.05, 0.1) is 22.6 Å². The lowest BCUT2D eigenvalue weighted by atomic mass is 10.2. The van der Waals surface area contributed by atoms with Crippen LogP contribution in [0.3, 0.4) is 0 Å². The van der Waals surface area contributed by atoms with E-state index in [0.717, 1.165) is 5.56 Å². The van der Waals surface area contributed by atoms with E-state index in [1.54, 1.807) is 18.2 Å². The SMILES string of the molecule is COc1cc(CNC(=O)c2ccccc2S(=O)(=O)CF)ccc1Cl. The van der Waals surface area contributed by atoms with Crippen LogP contribution in [0.4, 0.5) is 4.39 Å². The Morgan fingerprint density at radius 2 is 1.96 bits per heavy atom. The Balaban J connectivity index is 2.20. The van der Waals surface area contributed by atoms with Gasteiger partial charge >= 0.3 is 0 Å². The van der Waals surface area contributed by atoms with Crippen molar-refractivity contribution in [3.63, 3.8) is 0 Å². The van der Waals surface area contributed by atoms with Gasteiger partial charge in [-0.25, -0.2) is 12.8 Å². The highest BCUT2D eigenvalue weighted by atomic mass is 35.5. The van der Waals surface area contributed by atoms with Gasteiger partial charge in [0.25, 0.3) is 5.91 Å². The molecule has 5 nitrogen and oxygen atoms in total. The molecule has 0 heterocycles. The molecule has 0 saturated heterocycles. The van der Waals surface area contributed by atoms with Crippen LogP contribution >= 0.6 is 11.6 Å². The molecule has 0 aliphatic carbocycles. The van der Waals surface area contributed by atoms with Crippen molar-refractivity contribution >= 4 is 27.3 Å². The molecule has 0 spiro atoms. The Morgan fingerprint density at radius 3 is 2.62 bits per heavy atom. The quantitative estimate of drug-likeness (QED) is 0.847. The third-order valence-electron chi connectivity index (χ3n) is 3.28. The highest BCUT2D eigenvalue weighted by Gasteiger charge is 2.21. The maximum absolute atomic E-state index is 12.7. The predicted octanol–water partition coefficient (Wildman–Crippen LogP) is 2.98. The minimum atomic E-state index is -4.14. The van der Waals surface area contributed by atoms with E-state index in [1.807, 2.05) is 0 Å². The Kier molecular flexibility index (Phi) is 5.80. The van der Waals surface area contributed by atoms with Crippen LogP contribution in [0.15, 0.2) is 47.4 Å². The first-order valence-electron chi connectivity index (χ1n) is 6.87. The molecule has 0 aromatic heterocycles. The van der Waals surface area contributed by atoms with Gasteiger partial charge in [0.15, 0.2) is 6.01 Å². The second kappa shape index (κ2) is 7.63. The van der Waals surface area contributed by atoms with Gasteiger partial charge in [-0.1, -0.05) is 29.8 Å². The normalized spacial score (nSPS) is 11.1. The van der Waals surface area contributed by atoms with Gasteiger partial charge in [-0.15, -0.1) is 0 Å². The van der Waals surface area contributed by atoms with Crippen LogP contribution in [-0.4, -0.2) is 27.4 Å². The van der Waals surface area contributed by atoms with Gasteiger partial charge < -0.3 is 10.1 Å². The molecule has 2 rings (SSSR count). The fourth-order valence-electron chi connectivity index (χ4n) is 2.08. The number of alkyl halides is 1. The average molecular weight is 372 g/mol. The zero-order valence-electron chi connectivity index (χ0n) is 12.8. The van der Waals surface area contributed by atoms with Crippen LogP contribution in [0.5, 0.6) is 5.75 Å². The van der Waals surface area contributed by atoms with E-state index < -0.39 is 21.8 Å². The molecule has 0 fully saturated rings. The monoisotopic (exact) mass is 371 g/mol. The summed E-state index contributed by atoms with van der Waals surface area (Å²) in [4.78, 5) is 11.9. The van der Waals surface area contributed by atoms with Crippen LogP contribution in [0.2, 0.25) is 5.02 Å². The molecule has 128 valence electrons. The van der Waals surface area contributed by atoms with Crippen LogP contribution in [0.25, 0.3) is 0 Å². The van der Waals surface area contributed by atoms with Gasteiger partial charge in [0.2, 0.25) is 9.84 Å². The van der Waals surface area contributed by atoms with E-state index in [2.05, 4.69) is 5.32 Å². The van der Waals surface area contributed by atoms with Gasteiger partial charge in [0.1, 0.15) is 5.75 Å². The lowest BCUT2D eigenvalue weighted by Gasteiger charge is -2.10. The second-order valence-electron chi connectivity index (χ2n) is 4.87. The molecule has 0 saturated carbocycles. The first-order chi connectivity index (χ1) is 11.4. The summed E-state index contributed by atoms with van der Waals surface area (Å²) in [6.07, 6.45) is 0. The number of halogens is 2. The van der Waals surface area contributed by atoms with Crippen molar-refractivity contribution in [2.24, 2.45) is 0 Å². The Hall–Kier alpha value is -2.12. The smallest absolute Gasteiger partial charge is 0.252 e. The maximum Gasteiger partial charge on any atom is 0.252 e. The summed E-state index contributed by atoms with van der Waals surface area (Å²) in [6, 6.07) is 8.91. The van der Waals surface area contributed by atoms with Crippen LogP contribution in [0, 0.1) is 0 Å². The number of hydrogen-bond donors (Lipinski definition) is 1. The number of hydrogen-bond acceptors (Lipinski definition) is 4. The second-order valence-corrected chi connectivity index (χ2v) is 7.17. The Morgan fingerprint density at radius 1 is 1.25 bits per heavy atom. The van der Waals surface area contributed by atoms with Crippen molar-refractivity contribution < 1.29 is 22.3 Å². The maximum atomic E-state index is 12.7. The number of ether oxygens (including phenoxy) is 1. The lowest BCUT2D eigenvalue weighted by Crippen LogP contribution is -2.25. The summed E-state index contributed by atoms with van der Waals surface area (Å²) in [7, 11) is -2.66. The van der Waals surface area contributed by atoms with Crippen LogP contribution in [0.1, 0.15) is 15.9 Å². The van der Waals surface area contributed by atoms with E-state index >= 15 is 0 Å². The van der Waals surface area contributed by atoms with Gasteiger partial charge in [-0.05, 0) is 29.8 Å². The molecule has 8 heteroatoms. The van der Waals surface area contributed by atoms with Crippen molar-refractivity contribution in [2.45, 2.75) is 11.4 Å². The summed E-state index contributed by atoms with van der Waals surface area (Å²) in [5.41, 5.74) is 0.617. The highest BCUT2D eigenvalue weighted by molar-refractivity contribution is 7.91.